The van der Waals surface area contributed by atoms with Crippen molar-refractivity contribution in [2.45, 2.75) is 6.04 Å². The Balaban J connectivity index is 2.30. The topological polar surface area (TPSA) is 64.8 Å². The van der Waals surface area contributed by atoms with Crippen molar-refractivity contribution in [1.82, 2.24) is 5.32 Å². The Kier molecular flexibility index (Phi) is 2.03. The molecule has 0 radical (unpaired) electrons. The standard InChI is InChI=1S/C7H7BN2O2S/c11-8(12)4-1-2-5-6(3-4)10-7(13)9-5/h1-3,5,11-12H,(H,9,13). The van der Waals surface area contributed by atoms with Crippen molar-refractivity contribution in [3.05, 3.63) is 23.7 Å². The molecule has 2 aliphatic rings. The third-order valence-corrected chi connectivity index (χ3v) is 2.13. The molecule has 1 heterocycles. The van der Waals surface area contributed by atoms with Crippen molar-refractivity contribution in [1.29, 1.82) is 0 Å². The van der Waals surface area contributed by atoms with Crippen molar-refractivity contribution in [2.24, 2.45) is 4.99 Å². The van der Waals surface area contributed by atoms with Gasteiger partial charge in [-0.15, -0.1) is 0 Å². The Morgan fingerprint density at radius 2 is 2.31 bits per heavy atom. The maximum atomic E-state index is 8.89. The first-order chi connectivity index (χ1) is 6.16. The zero-order valence-electron chi connectivity index (χ0n) is 6.64. The number of rotatable bonds is 1. The molecule has 3 N–H and O–H groups in total. The summed E-state index contributed by atoms with van der Waals surface area (Å²) in [7, 11) is -1.45. The van der Waals surface area contributed by atoms with Gasteiger partial charge < -0.3 is 15.4 Å². The number of aliphatic imine (C=N–C) groups is 1. The molecule has 0 spiro atoms. The van der Waals surface area contributed by atoms with Crippen LogP contribution in [0.4, 0.5) is 0 Å². The zero-order valence-corrected chi connectivity index (χ0v) is 7.45. The minimum absolute atomic E-state index is 0.00463. The first kappa shape index (κ1) is 8.62. The number of thiocarbonyl (C=S) groups is 1. The van der Waals surface area contributed by atoms with Crippen LogP contribution in [-0.2, 0) is 0 Å². The summed E-state index contributed by atoms with van der Waals surface area (Å²) in [6.07, 6.45) is 5.07. The molecule has 0 saturated carbocycles. The molecule has 1 aliphatic carbocycles. The van der Waals surface area contributed by atoms with Crippen molar-refractivity contribution < 1.29 is 10.0 Å². The summed E-state index contributed by atoms with van der Waals surface area (Å²) < 4.78 is 0. The summed E-state index contributed by atoms with van der Waals surface area (Å²) in [5, 5.41) is 21.2. The van der Waals surface area contributed by atoms with Gasteiger partial charge in [0.05, 0.1) is 11.8 Å². The summed E-state index contributed by atoms with van der Waals surface area (Å²) in [6.45, 7) is 0. The fourth-order valence-electron chi connectivity index (χ4n) is 1.28. The largest absolute Gasteiger partial charge is 0.488 e. The van der Waals surface area contributed by atoms with Crippen LogP contribution in [0.5, 0.6) is 0 Å². The van der Waals surface area contributed by atoms with Gasteiger partial charge in [-0.3, -0.25) is 0 Å². The molecule has 1 atom stereocenters. The van der Waals surface area contributed by atoms with Crippen LogP contribution in [0, 0.1) is 0 Å². The molecule has 0 aromatic heterocycles. The van der Waals surface area contributed by atoms with E-state index in [1.54, 1.807) is 18.2 Å². The fraction of sp³-hybridized carbons (Fsp3) is 0.143. The van der Waals surface area contributed by atoms with E-state index in [2.05, 4.69) is 10.3 Å². The second-order valence-electron chi connectivity index (χ2n) is 2.84. The van der Waals surface area contributed by atoms with Gasteiger partial charge >= 0.3 is 7.12 Å². The average Bonchev–Trinajstić information content (AvgIpc) is 2.42. The quantitative estimate of drug-likeness (QED) is 0.377. The molecule has 0 fully saturated rings. The zero-order chi connectivity index (χ0) is 9.42. The van der Waals surface area contributed by atoms with Crippen molar-refractivity contribution >= 4 is 30.2 Å². The summed E-state index contributed by atoms with van der Waals surface area (Å²) in [5.41, 5.74) is 1.16. The molecule has 66 valence electrons. The summed E-state index contributed by atoms with van der Waals surface area (Å²) in [4.78, 5) is 4.03. The Morgan fingerprint density at radius 1 is 1.54 bits per heavy atom. The third kappa shape index (κ3) is 1.56. The molecule has 0 bridgehead atoms. The Labute approximate surface area is 80.8 Å². The van der Waals surface area contributed by atoms with Crippen LogP contribution >= 0.6 is 12.2 Å². The van der Waals surface area contributed by atoms with Crippen LogP contribution in [0.1, 0.15) is 0 Å². The van der Waals surface area contributed by atoms with Crippen molar-refractivity contribution in [2.75, 3.05) is 0 Å². The predicted molar refractivity (Wildman–Crippen MR) is 54.4 cm³/mol. The molecule has 0 amide bonds. The van der Waals surface area contributed by atoms with Crippen LogP contribution in [0.15, 0.2) is 28.7 Å². The van der Waals surface area contributed by atoms with E-state index in [-0.39, 0.29) is 6.04 Å². The lowest BCUT2D eigenvalue weighted by Gasteiger charge is -2.12. The number of nitrogens with one attached hydrogen (secondary N) is 1. The molecule has 0 aromatic carbocycles. The van der Waals surface area contributed by atoms with Crippen LogP contribution in [0.2, 0.25) is 0 Å². The second kappa shape index (κ2) is 3.06. The maximum absolute atomic E-state index is 8.89. The van der Waals surface area contributed by atoms with Crippen LogP contribution in [0.25, 0.3) is 0 Å². The van der Waals surface area contributed by atoms with Gasteiger partial charge in [0.2, 0.25) is 0 Å². The highest BCUT2D eigenvalue weighted by atomic mass is 32.1. The van der Waals surface area contributed by atoms with Crippen molar-refractivity contribution in [3.8, 4) is 0 Å². The van der Waals surface area contributed by atoms with Gasteiger partial charge in [0.1, 0.15) is 0 Å². The van der Waals surface area contributed by atoms with Crippen molar-refractivity contribution in [3.63, 3.8) is 0 Å². The lowest BCUT2D eigenvalue weighted by Crippen LogP contribution is -2.32. The minimum atomic E-state index is -1.45. The van der Waals surface area contributed by atoms with E-state index in [9.17, 15) is 0 Å². The van der Waals surface area contributed by atoms with Gasteiger partial charge in [-0.25, -0.2) is 4.99 Å². The van der Waals surface area contributed by atoms with E-state index >= 15 is 0 Å². The van der Waals surface area contributed by atoms with Gasteiger partial charge in [0, 0.05) is 0 Å². The molecule has 1 unspecified atom stereocenters. The predicted octanol–water partition coefficient (Wildman–Crippen LogP) is -0.808. The van der Waals surface area contributed by atoms with Gasteiger partial charge in [0.25, 0.3) is 0 Å². The Morgan fingerprint density at radius 3 is 3.00 bits per heavy atom. The fourth-order valence-corrected chi connectivity index (χ4v) is 1.51. The van der Waals surface area contributed by atoms with Crippen LogP contribution in [-0.4, -0.2) is 34.0 Å². The SMILES string of the molecule is OB(O)C1=CC2=NC(=S)NC2C=C1. The highest BCUT2D eigenvalue weighted by Crippen LogP contribution is 2.13. The molecule has 1 aliphatic heterocycles. The first-order valence-electron chi connectivity index (χ1n) is 3.82. The smallest absolute Gasteiger partial charge is 0.423 e. The second-order valence-corrected chi connectivity index (χ2v) is 3.23. The average molecular weight is 194 g/mol. The highest BCUT2D eigenvalue weighted by molar-refractivity contribution is 7.80. The van der Waals surface area contributed by atoms with Crippen LogP contribution < -0.4 is 5.32 Å². The summed E-state index contributed by atoms with van der Waals surface area (Å²) in [5.74, 6) is 0. The van der Waals surface area contributed by atoms with E-state index in [1.165, 1.54) is 0 Å². The van der Waals surface area contributed by atoms with Gasteiger partial charge in [-0.2, -0.15) is 0 Å². The first-order valence-corrected chi connectivity index (χ1v) is 4.22. The van der Waals surface area contributed by atoms with Gasteiger partial charge in [0.15, 0.2) is 5.11 Å². The summed E-state index contributed by atoms with van der Waals surface area (Å²) >= 11 is 4.85. The monoisotopic (exact) mass is 194 g/mol. The number of nitrogens with zero attached hydrogens (tertiary/aromatic N) is 1. The number of fused-ring (bicyclic) bond motifs is 1. The number of allylic oxidation sites excluding steroid dienone is 2. The van der Waals surface area contributed by atoms with E-state index < -0.39 is 7.12 Å². The molecule has 2 rings (SSSR count). The molecule has 0 saturated heterocycles. The highest BCUT2D eigenvalue weighted by Gasteiger charge is 2.25. The normalized spacial score (nSPS) is 24.8. The van der Waals surface area contributed by atoms with E-state index in [0.717, 1.165) is 5.71 Å². The van der Waals surface area contributed by atoms with E-state index in [1.807, 2.05) is 0 Å². The molecule has 4 nitrogen and oxygen atoms in total. The minimum Gasteiger partial charge on any atom is -0.423 e. The number of hydrogen-bond donors (Lipinski definition) is 3. The maximum Gasteiger partial charge on any atom is 0.488 e. The van der Waals surface area contributed by atoms with E-state index in [0.29, 0.717) is 10.6 Å². The van der Waals surface area contributed by atoms with Crippen LogP contribution in [0.3, 0.4) is 0 Å². The third-order valence-electron chi connectivity index (χ3n) is 1.92. The Bertz CT molecular complexity index is 348. The molecule has 0 aromatic rings. The molecular weight excluding hydrogens is 187 g/mol. The molecule has 13 heavy (non-hydrogen) atoms. The molecule has 6 heteroatoms. The van der Waals surface area contributed by atoms with Gasteiger partial charge in [-0.1, -0.05) is 12.2 Å². The lowest BCUT2D eigenvalue weighted by molar-refractivity contribution is 0.420. The van der Waals surface area contributed by atoms with Gasteiger partial charge in [-0.05, 0) is 23.8 Å². The summed E-state index contributed by atoms with van der Waals surface area (Å²) in [6, 6.07) is -0.00463. The number of hydrogen-bond acceptors (Lipinski definition) is 3. The lowest BCUT2D eigenvalue weighted by atomic mass is 9.76. The van der Waals surface area contributed by atoms with E-state index in [4.69, 9.17) is 22.3 Å². The molecular formula is C7H7BN2O2S. The Hall–Kier alpha value is -0.975.